The van der Waals surface area contributed by atoms with E-state index in [1.54, 1.807) is 12.4 Å². The minimum absolute atomic E-state index is 0.0745. The molecule has 0 aromatic carbocycles. The molecule has 0 spiro atoms. The average Bonchev–Trinajstić information content (AvgIpc) is 2.37. The number of pyridine rings is 1. The second-order valence-corrected chi connectivity index (χ2v) is 3.65. The molecule has 1 atom stereocenters. The van der Waals surface area contributed by atoms with E-state index in [1.165, 1.54) is 0 Å². The summed E-state index contributed by atoms with van der Waals surface area (Å²) in [6, 6.07) is 5.86. The average molecular weight is 232 g/mol. The third-order valence-electron chi connectivity index (χ3n) is 2.31. The maximum atomic E-state index is 11.4. The smallest absolute Gasteiger partial charge is 0.234 e. The van der Waals surface area contributed by atoms with Gasteiger partial charge in [0.05, 0.1) is 19.0 Å². The largest absolute Gasteiger partial charge is 0.354 e. The Balaban J connectivity index is 2.27. The van der Waals surface area contributed by atoms with Crippen LogP contribution in [0.5, 0.6) is 0 Å². The summed E-state index contributed by atoms with van der Waals surface area (Å²) in [5.74, 6) is -0.101. The van der Waals surface area contributed by atoms with Crippen molar-refractivity contribution in [2.45, 2.75) is 19.4 Å². The first-order valence-electron chi connectivity index (χ1n) is 5.51. The highest BCUT2D eigenvalue weighted by atomic mass is 16.1. The first kappa shape index (κ1) is 13.1. The summed E-state index contributed by atoms with van der Waals surface area (Å²) in [5.41, 5.74) is 1.04. The summed E-state index contributed by atoms with van der Waals surface area (Å²) in [7, 11) is 0. The Hall–Kier alpha value is -1.93. The van der Waals surface area contributed by atoms with Crippen molar-refractivity contribution >= 4 is 5.91 Å². The number of rotatable bonds is 6. The molecule has 0 saturated carbocycles. The fourth-order valence-corrected chi connectivity index (χ4v) is 1.32. The minimum atomic E-state index is -0.101. The van der Waals surface area contributed by atoms with Crippen LogP contribution in [0.3, 0.4) is 0 Å². The number of nitrogens with zero attached hydrogens (tertiary/aromatic N) is 2. The third kappa shape index (κ3) is 5.09. The van der Waals surface area contributed by atoms with E-state index < -0.39 is 0 Å². The van der Waals surface area contributed by atoms with E-state index in [0.29, 0.717) is 13.0 Å². The van der Waals surface area contributed by atoms with Crippen LogP contribution in [0.15, 0.2) is 24.5 Å². The van der Waals surface area contributed by atoms with Gasteiger partial charge < -0.3 is 10.6 Å². The van der Waals surface area contributed by atoms with Crippen LogP contribution in [-0.4, -0.2) is 24.0 Å². The van der Waals surface area contributed by atoms with Gasteiger partial charge in [0.25, 0.3) is 0 Å². The van der Waals surface area contributed by atoms with E-state index in [9.17, 15) is 4.79 Å². The van der Waals surface area contributed by atoms with Crippen molar-refractivity contribution in [3.63, 3.8) is 0 Å². The first-order chi connectivity index (χ1) is 8.24. The molecule has 0 aliphatic heterocycles. The SMILES string of the molecule is CC(NCC(=O)NCCC#N)c1cccnc1. The monoisotopic (exact) mass is 232 g/mol. The minimum Gasteiger partial charge on any atom is -0.354 e. The normalized spacial score (nSPS) is 11.5. The number of amides is 1. The number of carbonyl (C=O) groups excluding carboxylic acids is 1. The van der Waals surface area contributed by atoms with E-state index in [-0.39, 0.29) is 18.5 Å². The number of nitriles is 1. The Morgan fingerprint density at radius 2 is 2.47 bits per heavy atom. The molecule has 1 amide bonds. The van der Waals surface area contributed by atoms with Gasteiger partial charge in [0.15, 0.2) is 0 Å². The molecule has 90 valence electrons. The molecule has 1 aromatic heterocycles. The Labute approximate surface area is 101 Å². The van der Waals surface area contributed by atoms with Crippen LogP contribution < -0.4 is 10.6 Å². The molecule has 0 saturated heterocycles. The Bertz CT molecular complexity index is 385. The zero-order chi connectivity index (χ0) is 12.5. The van der Waals surface area contributed by atoms with Gasteiger partial charge >= 0.3 is 0 Å². The van der Waals surface area contributed by atoms with Gasteiger partial charge in [-0.05, 0) is 18.6 Å². The predicted molar refractivity (Wildman–Crippen MR) is 63.9 cm³/mol. The Morgan fingerprint density at radius 1 is 1.65 bits per heavy atom. The van der Waals surface area contributed by atoms with Crippen molar-refractivity contribution in [1.29, 1.82) is 5.26 Å². The van der Waals surface area contributed by atoms with Gasteiger partial charge in [-0.3, -0.25) is 9.78 Å². The zero-order valence-corrected chi connectivity index (χ0v) is 9.81. The van der Waals surface area contributed by atoms with Crippen LogP contribution in [0.25, 0.3) is 0 Å². The molecule has 5 heteroatoms. The highest BCUT2D eigenvalue weighted by Gasteiger charge is 2.06. The second kappa shape index (κ2) is 7.36. The lowest BCUT2D eigenvalue weighted by molar-refractivity contribution is -0.120. The lowest BCUT2D eigenvalue weighted by atomic mass is 10.1. The van der Waals surface area contributed by atoms with Gasteiger partial charge in [0, 0.05) is 25.0 Å². The van der Waals surface area contributed by atoms with Gasteiger partial charge in [-0.1, -0.05) is 6.07 Å². The summed E-state index contributed by atoms with van der Waals surface area (Å²) in [4.78, 5) is 15.4. The van der Waals surface area contributed by atoms with E-state index in [1.807, 2.05) is 25.1 Å². The Kier molecular flexibility index (Phi) is 5.69. The van der Waals surface area contributed by atoms with Crippen LogP contribution in [0.2, 0.25) is 0 Å². The quantitative estimate of drug-likeness (QED) is 0.710. The number of hydrogen-bond donors (Lipinski definition) is 2. The number of nitrogens with one attached hydrogen (secondary N) is 2. The summed E-state index contributed by atoms with van der Waals surface area (Å²) in [6.45, 7) is 2.61. The fraction of sp³-hybridized carbons (Fsp3) is 0.417. The van der Waals surface area contributed by atoms with Crippen molar-refractivity contribution in [3.8, 4) is 6.07 Å². The number of hydrogen-bond acceptors (Lipinski definition) is 4. The molecule has 0 aliphatic carbocycles. The van der Waals surface area contributed by atoms with E-state index in [2.05, 4.69) is 15.6 Å². The van der Waals surface area contributed by atoms with Crippen LogP contribution in [-0.2, 0) is 4.79 Å². The van der Waals surface area contributed by atoms with Gasteiger partial charge in [-0.25, -0.2) is 0 Å². The topological polar surface area (TPSA) is 77.8 Å². The summed E-state index contributed by atoms with van der Waals surface area (Å²) in [5, 5.41) is 14.1. The van der Waals surface area contributed by atoms with Crippen molar-refractivity contribution in [2.24, 2.45) is 0 Å². The van der Waals surface area contributed by atoms with Crippen LogP contribution >= 0.6 is 0 Å². The molecule has 0 radical (unpaired) electrons. The lowest BCUT2D eigenvalue weighted by Gasteiger charge is -2.13. The molecule has 1 unspecified atom stereocenters. The molecule has 17 heavy (non-hydrogen) atoms. The molecular formula is C12H16N4O. The molecule has 0 aliphatic rings. The number of carbonyl (C=O) groups is 1. The van der Waals surface area contributed by atoms with Gasteiger partial charge in [-0.2, -0.15) is 5.26 Å². The van der Waals surface area contributed by atoms with E-state index >= 15 is 0 Å². The highest BCUT2D eigenvalue weighted by Crippen LogP contribution is 2.08. The van der Waals surface area contributed by atoms with E-state index in [0.717, 1.165) is 5.56 Å². The molecule has 1 heterocycles. The molecule has 1 rings (SSSR count). The molecular weight excluding hydrogens is 216 g/mol. The summed E-state index contributed by atoms with van der Waals surface area (Å²) >= 11 is 0. The predicted octanol–water partition coefficient (Wildman–Crippen LogP) is 0.762. The lowest BCUT2D eigenvalue weighted by Crippen LogP contribution is -2.35. The van der Waals surface area contributed by atoms with Gasteiger partial charge in [0.2, 0.25) is 5.91 Å². The van der Waals surface area contributed by atoms with E-state index in [4.69, 9.17) is 5.26 Å². The van der Waals surface area contributed by atoms with Crippen LogP contribution in [0.4, 0.5) is 0 Å². The van der Waals surface area contributed by atoms with Crippen molar-refractivity contribution in [2.75, 3.05) is 13.1 Å². The van der Waals surface area contributed by atoms with Gasteiger partial charge in [0.1, 0.15) is 0 Å². The van der Waals surface area contributed by atoms with Crippen LogP contribution in [0, 0.1) is 11.3 Å². The molecule has 0 bridgehead atoms. The Morgan fingerprint density at radius 3 is 3.12 bits per heavy atom. The zero-order valence-electron chi connectivity index (χ0n) is 9.81. The molecule has 0 fully saturated rings. The molecule has 5 nitrogen and oxygen atoms in total. The van der Waals surface area contributed by atoms with Gasteiger partial charge in [-0.15, -0.1) is 0 Å². The second-order valence-electron chi connectivity index (χ2n) is 3.65. The third-order valence-corrected chi connectivity index (χ3v) is 2.31. The molecule has 2 N–H and O–H groups in total. The van der Waals surface area contributed by atoms with Crippen molar-refractivity contribution < 1.29 is 4.79 Å². The fourth-order valence-electron chi connectivity index (χ4n) is 1.32. The van der Waals surface area contributed by atoms with Crippen molar-refractivity contribution in [3.05, 3.63) is 30.1 Å². The maximum Gasteiger partial charge on any atom is 0.234 e. The molecule has 1 aromatic rings. The standard InChI is InChI=1S/C12H16N4O/c1-10(11-4-2-6-14-8-11)16-9-12(17)15-7-3-5-13/h2,4,6,8,10,16H,3,7,9H2,1H3,(H,15,17). The highest BCUT2D eigenvalue weighted by molar-refractivity contribution is 5.78. The van der Waals surface area contributed by atoms with Crippen molar-refractivity contribution in [1.82, 2.24) is 15.6 Å². The maximum absolute atomic E-state index is 11.4. The first-order valence-corrected chi connectivity index (χ1v) is 5.51. The summed E-state index contributed by atoms with van der Waals surface area (Å²) in [6.07, 6.45) is 3.82. The summed E-state index contributed by atoms with van der Waals surface area (Å²) < 4.78 is 0. The number of aromatic nitrogens is 1. The van der Waals surface area contributed by atoms with Crippen LogP contribution in [0.1, 0.15) is 24.9 Å².